The largest absolute Gasteiger partial charge is 0.338 e. The number of fused-ring (bicyclic) bond motifs is 1. The van der Waals surface area contributed by atoms with E-state index in [0.717, 1.165) is 16.7 Å². The number of hydrogen-bond acceptors (Lipinski definition) is 7. The number of halogens is 2. The number of amides is 1. The number of rotatable bonds is 7. The molecule has 2 unspecified atom stereocenters. The predicted octanol–water partition coefficient (Wildman–Crippen LogP) is 0.876. The maximum absolute atomic E-state index is 13.5. The van der Waals surface area contributed by atoms with Crippen molar-refractivity contribution in [1.82, 2.24) is 29.0 Å². The van der Waals surface area contributed by atoms with E-state index in [1.807, 2.05) is 0 Å². The minimum absolute atomic E-state index is 0.0329. The Labute approximate surface area is 206 Å². The highest BCUT2D eigenvalue weighted by atomic mass is 32.2. The summed E-state index contributed by atoms with van der Waals surface area (Å²) in [5, 5.41) is 2.30. The van der Waals surface area contributed by atoms with Crippen LogP contribution in [0.3, 0.4) is 0 Å². The van der Waals surface area contributed by atoms with Crippen molar-refractivity contribution in [3.63, 3.8) is 0 Å². The molecule has 1 aliphatic heterocycles. The van der Waals surface area contributed by atoms with Crippen LogP contribution in [0.25, 0.3) is 11.2 Å². The van der Waals surface area contributed by atoms with E-state index in [9.17, 15) is 23.2 Å². The summed E-state index contributed by atoms with van der Waals surface area (Å²) >= 11 is 1.43. The lowest BCUT2D eigenvalue weighted by Crippen LogP contribution is -2.46. The summed E-state index contributed by atoms with van der Waals surface area (Å²) in [4.78, 5) is 47.0. The molecule has 1 amide bonds. The fourth-order valence-electron chi connectivity index (χ4n) is 4.06. The second-order valence-corrected chi connectivity index (χ2v) is 9.71. The molecule has 0 spiro atoms. The first-order chi connectivity index (χ1) is 17.2. The van der Waals surface area contributed by atoms with Crippen LogP contribution in [0.1, 0.15) is 16.5 Å². The van der Waals surface area contributed by atoms with Gasteiger partial charge >= 0.3 is 5.69 Å². The van der Waals surface area contributed by atoms with Crippen molar-refractivity contribution in [2.24, 2.45) is 12.8 Å². The third-order valence-electron chi connectivity index (χ3n) is 5.94. The molecule has 4 aromatic rings. The molecule has 1 fully saturated rings. The number of carbonyl (C=O) groups excluding carboxylic acids is 1. The lowest BCUT2D eigenvalue weighted by Gasteiger charge is -2.14. The third-order valence-corrected chi connectivity index (χ3v) is 7.37. The first-order valence-electron chi connectivity index (χ1n) is 10.9. The molecule has 4 heterocycles. The highest BCUT2D eigenvalue weighted by molar-refractivity contribution is 8.07. The maximum atomic E-state index is 13.5. The number of nitrogens with one attached hydrogen (secondary N) is 1. The van der Waals surface area contributed by atoms with Gasteiger partial charge in [0.2, 0.25) is 5.91 Å². The molecule has 1 aliphatic rings. The van der Waals surface area contributed by atoms with Crippen LogP contribution in [0.4, 0.5) is 8.78 Å². The van der Waals surface area contributed by atoms with Crippen molar-refractivity contribution in [2.45, 2.75) is 29.8 Å². The van der Waals surface area contributed by atoms with E-state index in [-0.39, 0.29) is 34.8 Å². The molecule has 3 N–H and O–H groups in total. The molecule has 36 heavy (non-hydrogen) atoms. The second kappa shape index (κ2) is 9.32. The summed E-state index contributed by atoms with van der Waals surface area (Å²) in [6.45, 7) is -0.288. The van der Waals surface area contributed by atoms with Crippen LogP contribution in [-0.4, -0.2) is 41.0 Å². The van der Waals surface area contributed by atoms with E-state index < -0.39 is 35.0 Å². The molecular formula is C23H21F2N7O3S. The molecule has 10 nitrogen and oxygen atoms in total. The molecule has 13 heteroatoms. The molecule has 3 aromatic heterocycles. The van der Waals surface area contributed by atoms with Crippen molar-refractivity contribution in [1.29, 1.82) is 0 Å². The number of nitrogens with two attached hydrogens (primary N) is 1. The van der Waals surface area contributed by atoms with Crippen LogP contribution in [0, 0.1) is 11.6 Å². The van der Waals surface area contributed by atoms with Crippen molar-refractivity contribution in [3.05, 3.63) is 92.7 Å². The zero-order valence-electron chi connectivity index (χ0n) is 19.0. The van der Waals surface area contributed by atoms with Gasteiger partial charge in [-0.25, -0.2) is 18.6 Å². The smallest absolute Gasteiger partial charge is 0.332 e. The number of nitrogens with zero attached hydrogens (tertiary/aromatic N) is 5. The zero-order valence-corrected chi connectivity index (χ0v) is 19.8. The van der Waals surface area contributed by atoms with E-state index in [1.165, 1.54) is 40.3 Å². The molecule has 0 bridgehead atoms. The third kappa shape index (κ3) is 4.42. The van der Waals surface area contributed by atoms with Crippen molar-refractivity contribution >= 4 is 28.8 Å². The minimum atomic E-state index is -0.938. The Bertz CT molecular complexity index is 1580. The van der Waals surface area contributed by atoms with Gasteiger partial charge in [-0.1, -0.05) is 12.1 Å². The number of thioether (sulfide) groups is 1. The predicted molar refractivity (Wildman–Crippen MR) is 129 cm³/mol. The van der Waals surface area contributed by atoms with Gasteiger partial charge in [0.15, 0.2) is 22.8 Å². The Kier molecular flexibility index (Phi) is 6.18. The van der Waals surface area contributed by atoms with Crippen molar-refractivity contribution in [2.75, 3.05) is 0 Å². The Hall–Kier alpha value is -3.84. The quantitative estimate of drug-likeness (QED) is 0.277. The molecule has 1 saturated heterocycles. The molecule has 0 aliphatic carbocycles. The lowest BCUT2D eigenvalue weighted by molar-refractivity contribution is -0.122. The van der Waals surface area contributed by atoms with Gasteiger partial charge in [0.25, 0.3) is 5.56 Å². The zero-order chi connectivity index (χ0) is 25.6. The molecule has 0 radical (unpaired) electrons. The van der Waals surface area contributed by atoms with Gasteiger partial charge in [-0.05, 0) is 29.8 Å². The number of carbonyl (C=O) groups is 1. The van der Waals surface area contributed by atoms with Crippen LogP contribution in [0.2, 0.25) is 0 Å². The van der Waals surface area contributed by atoms with E-state index >= 15 is 0 Å². The molecule has 1 aromatic carbocycles. The van der Waals surface area contributed by atoms with Crippen LogP contribution < -0.4 is 22.3 Å². The number of aromatic nitrogens is 5. The average Bonchev–Trinajstić information content (AvgIpc) is 3.56. The van der Waals surface area contributed by atoms with Gasteiger partial charge < -0.3 is 15.6 Å². The second-order valence-electron chi connectivity index (χ2n) is 8.39. The summed E-state index contributed by atoms with van der Waals surface area (Å²) < 4.78 is 30.4. The topological polar surface area (TPSA) is 130 Å². The lowest BCUT2D eigenvalue weighted by atomic mass is 10.1. The van der Waals surface area contributed by atoms with E-state index in [0.29, 0.717) is 11.3 Å². The molecule has 5 rings (SSSR count). The summed E-state index contributed by atoms with van der Waals surface area (Å²) in [6.07, 6.45) is 2.13. The first-order valence-corrected chi connectivity index (χ1v) is 11.9. The van der Waals surface area contributed by atoms with Crippen LogP contribution >= 0.6 is 11.8 Å². The molecule has 186 valence electrons. The van der Waals surface area contributed by atoms with Crippen molar-refractivity contribution < 1.29 is 13.6 Å². The van der Waals surface area contributed by atoms with Gasteiger partial charge in [0.05, 0.1) is 30.0 Å². The number of benzene rings is 1. The van der Waals surface area contributed by atoms with Crippen LogP contribution in [-0.2, 0) is 24.9 Å². The van der Waals surface area contributed by atoms with Gasteiger partial charge in [-0.15, -0.1) is 11.8 Å². The molecule has 3 atom stereocenters. The normalized spacial score (nSPS) is 17.8. The summed E-state index contributed by atoms with van der Waals surface area (Å²) in [5.74, 6) is -2.34. The maximum Gasteiger partial charge on any atom is 0.332 e. The Morgan fingerprint density at radius 2 is 2.00 bits per heavy atom. The van der Waals surface area contributed by atoms with Crippen LogP contribution in [0.5, 0.6) is 0 Å². The highest BCUT2D eigenvalue weighted by Crippen LogP contribution is 2.55. The number of aryl methyl sites for hydroxylation is 1. The summed E-state index contributed by atoms with van der Waals surface area (Å²) in [6, 6.07) is 8.85. The summed E-state index contributed by atoms with van der Waals surface area (Å²) in [5.41, 5.74) is 6.35. The van der Waals surface area contributed by atoms with E-state index in [4.69, 9.17) is 5.73 Å². The van der Waals surface area contributed by atoms with E-state index in [1.54, 1.807) is 24.4 Å². The van der Waals surface area contributed by atoms with Gasteiger partial charge in [0.1, 0.15) is 6.54 Å². The fourth-order valence-corrected chi connectivity index (χ4v) is 5.17. The average molecular weight is 514 g/mol. The number of hydrogen-bond donors (Lipinski definition) is 2. The molecule has 0 saturated carbocycles. The number of imidazole rings is 1. The highest BCUT2D eigenvalue weighted by Gasteiger charge is 2.44. The standard InChI is InChI=1S/C23H21F2N7O3S/c1-30-21-17(22(34)32(23(30)35)9-13-4-2-3-7-27-13)31(11-28-21)10-16(33)29-20(26)19-18(36-19)12-5-6-14(24)15(25)8-12/h2-8,11,18-20H,9-10,26H2,1H3,(H,29,33)/t18-,19?,20?/m1/s1. The van der Waals surface area contributed by atoms with Gasteiger partial charge in [-0.2, -0.15) is 0 Å². The first kappa shape index (κ1) is 23.9. The minimum Gasteiger partial charge on any atom is -0.338 e. The molecular weight excluding hydrogens is 492 g/mol. The summed E-state index contributed by atoms with van der Waals surface area (Å²) in [7, 11) is 1.50. The Balaban J connectivity index is 1.33. The SMILES string of the molecule is Cn1c(=O)n(Cc2ccccn2)c(=O)c2c1ncn2CC(=O)NC(N)C1S[C@@H]1c1ccc(F)c(F)c1. The van der Waals surface area contributed by atoms with Gasteiger partial charge in [0, 0.05) is 18.5 Å². The fraction of sp³-hybridized carbons (Fsp3) is 0.261. The van der Waals surface area contributed by atoms with Crippen molar-refractivity contribution in [3.8, 4) is 0 Å². The van der Waals surface area contributed by atoms with Gasteiger partial charge in [-0.3, -0.25) is 23.7 Å². The van der Waals surface area contributed by atoms with Crippen LogP contribution in [0.15, 0.2) is 58.5 Å². The number of pyridine rings is 1. The Morgan fingerprint density at radius 3 is 2.72 bits per heavy atom. The monoisotopic (exact) mass is 513 g/mol. The van der Waals surface area contributed by atoms with E-state index in [2.05, 4.69) is 15.3 Å². The Morgan fingerprint density at radius 1 is 1.19 bits per heavy atom.